The molecule has 0 spiro atoms. The zero-order valence-corrected chi connectivity index (χ0v) is 12.1. The monoisotopic (exact) mass is 272 g/mol. The number of aryl methyl sites for hydroxylation is 2. The molecule has 0 aliphatic carbocycles. The minimum Gasteiger partial charge on any atom is -0.352 e. The number of amides is 1. The van der Waals surface area contributed by atoms with Crippen LogP contribution in [0.1, 0.15) is 24.1 Å². The first kappa shape index (κ1) is 14.2. The van der Waals surface area contributed by atoms with Gasteiger partial charge in [-0.25, -0.2) is 9.67 Å². The average Bonchev–Trinajstić information content (AvgIpc) is 2.75. The second-order valence-corrected chi connectivity index (χ2v) is 4.99. The molecule has 106 valence electrons. The normalized spacial score (nSPS) is 12.2. The number of benzene rings is 1. The molecule has 0 bridgehead atoms. The quantitative estimate of drug-likeness (QED) is 0.903. The average molecular weight is 272 g/mol. The topological polar surface area (TPSA) is 59.8 Å². The Balaban J connectivity index is 1.87. The zero-order valence-electron chi connectivity index (χ0n) is 12.1. The molecule has 1 N–H and O–H groups in total. The molecule has 1 amide bonds. The van der Waals surface area contributed by atoms with Gasteiger partial charge in [0.1, 0.15) is 11.6 Å². The number of hydrogen-bond acceptors (Lipinski definition) is 3. The van der Waals surface area contributed by atoms with Gasteiger partial charge in [0, 0.05) is 6.54 Å². The Kier molecular flexibility index (Phi) is 4.50. The second kappa shape index (κ2) is 6.32. The fourth-order valence-corrected chi connectivity index (χ4v) is 2.04. The molecule has 20 heavy (non-hydrogen) atoms. The summed E-state index contributed by atoms with van der Waals surface area (Å²) < 4.78 is 1.78. The molecule has 2 aromatic rings. The Hall–Kier alpha value is -2.17. The van der Waals surface area contributed by atoms with Crippen molar-refractivity contribution in [3.63, 3.8) is 0 Å². The summed E-state index contributed by atoms with van der Waals surface area (Å²) in [5, 5.41) is 7.22. The number of carbonyl (C=O) groups excluding carboxylic acids is 1. The van der Waals surface area contributed by atoms with Crippen LogP contribution in [0, 0.1) is 19.8 Å². The molecule has 1 heterocycles. The highest BCUT2D eigenvalue weighted by molar-refractivity contribution is 5.78. The fourth-order valence-electron chi connectivity index (χ4n) is 2.04. The van der Waals surface area contributed by atoms with E-state index in [1.807, 2.05) is 51.1 Å². The van der Waals surface area contributed by atoms with E-state index in [0.29, 0.717) is 13.1 Å². The summed E-state index contributed by atoms with van der Waals surface area (Å²) in [6.07, 6.45) is 0. The Labute approximate surface area is 119 Å². The van der Waals surface area contributed by atoms with Crippen molar-refractivity contribution < 1.29 is 4.79 Å². The van der Waals surface area contributed by atoms with Gasteiger partial charge in [0.25, 0.3) is 0 Å². The minimum atomic E-state index is -0.140. The van der Waals surface area contributed by atoms with Crippen molar-refractivity contribution >= 4 is 5.91 Å². The van der Waals surface area contributed by atoms with Crippen LogP contribution in [0.3, 0.4) is 0 Å². The molecular formula is C15H20N4O. The molecule has 0 saturated heterocycles. The van der Waals surface area contributed by atoms with Gasteiger partial charge in [0.05, 0.1) is 12.5 Å². The van der Waals surface area contributed by atoms with Gasteiger partial charge in [-0.3, -0.25) is 4.79 Å². The Morgan fingerprint density at radius 1 is 1.30 bits per heavy atom. The van der Waals surface area contributed by atoms with Gasteiger partial charge in [-0.05, 0) is 19.4 Å². The smallest absolute Gasteiger partial charge is 0.224 e. The maximum absolute atomic E-state index is 12.1. The van der Waals surface area contributed by atoms with Crippen LogP contribution >= 0.6 is 0 Å². The van der Waals surface area contributed by atoms with Crippen LogP contribution in [0.2, 0.25) is 0 Å². The largest absolute Gasteiger partial charge is 0.352 e. The van der Waals surface area contributed by atoms with E-state index in [1.165, 1.54) is 0 Å². The first-order valence-electron chi connectivity index (χ1n) is 6.76. The van der Waals surface area contributed by atoms with Crippen molar-refractivity contribution in [3.05, 3.63) is 47.5 Å². The molecule has 1 atom stereocenters. The Morgan fingerprint density at radius 2 is 2.00 bits per heavy atom. The van der Waals surface area contributed by atoms with E-state index >= 15 is 0 Å². The summed E-state index contributed by atoms with van der Waals surface area (Å²) in [5.41, 5.74) is 1.10. The van der Waals surface area contributed by atoms with Gasteiger partial charge >= 0.3 is 0 Å². The van der Waals surface area contributed by atoms with E-state index in [0.717, 1.165) is 17.2 Å². The number of nitrogens with one attached hydrogen (secondary N) is 1. The zero-order chi connectivity index (χ0) is 14.5. The number of carbonyl (C=O) groups is 1. The minimum absolute atomic E-state index is 0.0291. The van der Waals surface area contributed by atoms with E-state index in [4.69, 9.17) is 0 Å². The molecule has 1 aromatic carbocycles. The van der Waals surface area contributed by atoms with Gasteiger partial charge in [-0.15, -0.1) is 0 Å². The second-order valence-electron chi connectivity index (χ2n) is 4.99. The van der Waals surface area contributed by atoms with Crippen LogP contribution in [0.4, 0.5) is 0 Å². The Morgan fingerprint density at radius 3 is 2.60 bits per heavy atom. The van der Waals surface area contributed by atoms with E-state index < -0.39 is 0 Å². The summed E-state index contributed by atoms with van der Waals surface area (Å²) in [7, 11) is 0. The van der Waals surface area contributed by atoms with Crippen molar-refractivity contribution in [2.24, 2.45) is 5.92 Å². The maximum atomic E-state index is 12.1. The molecule has 0 aliphatic rings. The SMILES string of the molecule is Cc1nc(C)n(CC(C)C(=O)NCc2ccccc2)n1. The molecule has 5 nitrogen and oxygen atoms in total. The van der Waals surface area contributed by atoms with E-state index in [-0.39, 0.29) is 11.8 Å². The standard InChI is InChI=1S/C15H20N4O/c1-11(10-19-13(3)17-12(2)18-19)15(20)16-9-14-7-5-4-6-8-14/h4-8,11H,9-10H2,1-3H3,(H,16,20). The van der Waals surface area contributed by atoms with Crippen molar-refractivity contribution in [2.45, 2.75) is 33.9 Å². The third-order valence-corrected chi connectivity index (χ3v) is 3.17. The highest BCUT2D eigenvalue weighted by Crippen LogP contribution is 2.05. The van der Waals surface area contributed by atoms with Crippen molar-refractivity contribution in [1.29, 1.82) is 0 Å². The summed E-state index contributed by atoms with van der Waals surface area (Å²) in [4.78, 5) is 16.3. The van der Waals surface area contributed by atoms with E-state index in [9.17, 15) is 4.79 Å². The lowest BCUT2D eigenvalue weighted by Gasteiger charge is -2.13. The van der Waals surface area contributed by atoms with Gasteiger partial charge in [0.15, 0.2) is 0 Å². The first-order chi connectivity index (χ1) is 9.56. The number of rotatable bonds is 5. The van der Waals surface area contributed by atoms with Crippen molar-refractivity contribution in [1.82, 2.24) is 20.1 Å². The van der Waals surface area contributed by atoms with Crippen molar-refractivity contribution in [2.75, 3.05) is 0 Å². The van der Waals surface area contributed by atoms with Gasteiger partial charge < -0.3 is 5.32 Å². The highest BCUT2D eigenvalue weighted by Gasteiger charge is 2.15. The molecule has 1 unspecified atom stereocenters. The van der Waals surface area contributed by atoms with Gasteiger partial charge in [-0.1, -0.05) is 37.3 Å². The number of aromatic nitrogens is 3. The van der Waals surface area contributed by atoms with Crippen molar-refractivity contribution in [3.8, 4) is 0 Å². The summed E-state index contributed by atoms with van der Waals surface area (Å²) >= 11 is 0. The number of nitrogens with zero attached hydrogens (tertiary/aromatic N) is 3. The summed E-state index contributed by atoms with van der Waals surface area (Å²) in [6.45, 7) is 6.75. The lowest BCUT2D eigenvalue weighted by Crippen LogP contribution is -2.31. The van der Waals surface area contributed by atoms with Crippen LogP contribution in [-0.4, -0.2) is 20.7 Å². The molecule has 5 heteroatoms. The maximum Gasteiger partial charge on any atom is 0.224 e. The highest BCUT2D eigenvalue weighted by atomic mass is 16.1. The van der Waals surface area contributed by atoms with E-state index in [2.05, 4.69) is 15.4 Å². The molecule has 0 radical (unpaired) electrons. The molecule has 1 aromatic heterocycles. The fraction of sp³-hybridized carbons (Fsp3) is 0.400. The van der Waals surface area contributed by atoms with E-state index in [1.54, 1.807) is 4.68 Å². The van der Waals surface area contributed by atoms with Gasteiger partial charge in [0.2, 0.25) is 5.91 Å². The van der Waals surface area contributed by atoms with Crippen LogP contribution in [0.25, 0.3) is 0 Å². The molecule has 2 rings (SSSR count). The third kappa shape index (κ3) is 3.66. The number of hydrogen-bond donors (Lipinski definition) is 1. The Bertz CT molecular complexity index is 577. The molecule has 0 aliphatic heterocycles. The predicted octanol–water partition coefficient (Wildman–Crippen LogP) is 1.85. The van der Waals surface area contributed by atoms with Crippen LogP contribution in [0.15, 0.2) is 30.3 Å². The third-order valence-electron chi connectivity index (χ3n) is 3.17. The summed E-state index contributed by atoms with van der Waals surface area (Å²) in [6, 6.07) is 9.88. The molecule has 0 fully saturated rings. The molecular weight excluding hydrogens is 252 g/mol. The van der Waals surface area contributed by atoms with Crippen LogP contribution in [-0.2, 0) is 17.9 Å². The van der Waals surface area contributed by atoms with Crippen LogP contribution in [0.5, 0.6) is 0 Å². The molecule has 0 saturated carbocycles. The lowest BCUT2D eigenvalue weighted by molar-refractivity contribution is -0.125. The van der Waals surface area contributed by atoms with Crippen LogP contribution < -0.4 is 5.32 Å². The lowest BCUT2D eigenvalue weighted by atomic mass is 10.1. The summed E-state index contributed by atoms with van der Waals surface area (Å²) in [5.74, 6) is 1.46. The van der Waals surface area contributed by atoms with Gasteiger partial charge in [-0.2, -0.15) is 5.10 Å². The predicted molar refractivity (Wildman–Crippen MR) is 76.9 cm³/mol. The first-order valence-corrected chi connectivity index (χ1v) is 6.76.